The lowest BCUT2D eigenvalue weighted by Gasteiger charge is -2.35. The molecule has 0 unspecified atom stereocenters. The lowest BCUT2D eigenvalue weighted by atomic mass is 10.2. The average molecular weight is 372 g/mol. The molecular weight excluding hydrogens is 354 g/mol. The van der Waals surface area contributed by atoms with Crippen molar-refractivity contribution < 1.29 is 17.2 Å². The highest BCUT2D eigenvalue weighted by molar-refractivity contribution is 7.91. The van der Waals surface area contributed by atoms with E-state index in [0.717, 1.165) is 23.4 Å². The van der Waals surface area contributed by atoms with Gasteiger partial charge in [-0.05, 0) is 30.7 Å². The number of hydrogen-bond acceptors (Lipinski definition) is 4. The molecule has 0 saturated carbocycles. The molecule has 0 radical (unpaired) electrons. The zero-order chi connectivity index (χ0) is 17.3. The quantitative estimate of drug-likeness (QED) is 0.828. The van der Waals surface area contributed by atoms with Gasteiger partial charge in [0.15, 0.2) is 11.6 Å². The number of piperazine rings is 1. The molecule has 1 aliphatic rings. The normalized spacial score (nSPS) is 16.5. The predicted octanol–water partition coefficient (Wildman–Crippen LogP) is 3.10. The highest BCUT2D eigenvalue weighted by atomic mass is 32.2. The minimum atomic E-state index is -3.48. The first kappa shape index (κ1) is 17.3. The van der Waals surface area contributed by atoms with Crippen molar-refractivity contribution in [2.24, 2.45) is 0 Å². The Balaban J connectivity index is 1.71. The SMILES string of the molecule is CCc1ccc(S(=O)(=O)N2CCN(c3ccc(F)c(F)c3)CC2)s1. The van der Waals surface area contributed by atoms with E-state index in [4.69, 9.17) is 0 Å². The molecule has 0 atom stereocenters. The Morgan fingerprint density at radius 2 is 1.75 bits per heavy atom. The third-order valence-electron chi connectivity index (χ3n) is 4.09. The summed E-state index contributed by atoms with van der Waals surface area (Å²) in [4.78, 5) is 2.90. The Morgan fingerprint density at radius 3 is 2.33 bits per heavy atom. The summed E-state index contributed by atoms with van der Waals surface area (Å²) in [6.45, 7) is 3.51. The number of rotatable bonds is 4. The fourth-order valence-corrected chi connectivity index (χ4v) is 5.55. The number of benzene rings is 1. The van der Waals surface area contributed by atoms with Gasteiger partial charge in [-0.3, -0.25) is 0 Å². The van der Waals surface area contributed by atoms with Crippen molar-refractivity contribution in [2.75, 3.05) is 31.1 Å². The molecule has 130 valence electrons. The Kier molecular flexibility index (Phi) is 4.89. The molecule has 1 fully saturated rings. The summed E-state index contributed by atoms with van der Waals surface area (Å²) in [7, 11) is -3.48. The number of halogens is 2. The molecule has 2 heterocycles. The summed E-state index contributed by atoms with van der Waals surface area (Å²) < 4.78 is 53.5. The Bertz CT molecular complexity index is 828. The van der Waals surface area contributed by atoms with Gasteiger partial charge < -0.3 is 4.90 Å². The van der Waals surface area contributed by atoms with Crippen molar-refractivity contribution in [3.63, 3.8) is 0 Å². The first-order valence-electron chi connectivity index (χ1n) is 7.70. The third kappa shape index (κ3) is 3.31. The Hall–Kier alpha value is -1.51. The smallest absolute Gasteiger partial charge is 0.252 e. The van der Waals surface area contributed by atoms with E-state index in [2.05, 4.69) is 0 Å². The summed E-state index contributed by atoms with van der Waals surface area (Å²) >= 11 is 1.30. The van der Waals surface area contributed by atoms with Crippen LogP contribution < -0.4 is 4.90 Å². The second kappa shape index (κ2) is 6.78. The predicted molar refractivity (Wildman–Crippen MR) is 91.0 cm³/mol. The molecule has 0 amide bonds. The Labute approximate surface area is 144 Å². The number of aryl methyl sites for hydroxylation is 1. The van der Waals surface area contributed by atoms with Crippen LogP contribution in [0.2, 0.25) is 0 Å². The number of hydrogen-bond donors (Lipinski definition) is 0. The zero-order valence-corrected chi connectivity index (χ0v) is 14.8. The summed E-state index contributed by atoms with van der Waals surface area (Å²) in [6.07, 6.45) is 0.810. The maximum absolute atomic E-state index is 13.4. The Morgan fingerprint density at radius 1 is 1.04 bits per heavy atom. The van der Waals surface area contributed by atoms with Crippen LogP contribution in [0.15, 0.2) is 34.5 Å². The molecule has 3 rings (SSSR count). The van der Waals surface area contributed by atoms with Gasteiger partial charge >= 0.3 is 0 Å². The van der Waals surface area contributed by atoms with Crippen LogP contribution in [-0.4, -0.2) is 38.9 Å². The highest BCUT2D eigenvalue weighted by Gasteiger charge is 2.29. The van der Waals surface area contributed by atoms with E-state index in [9.17, 15) is 17.2 Å². The van der Waals surface area contributed by atoms with Crippen molar-refractivity contribution in [3.05, 3.63) is 46.8 Å². The van der Waals surface area contributed by atoms with Crippen molar-refractivity contribution >= 4 is 27.0 Å². The van der Waals surface area contributed by atoms with Crippen molar-refractivity contribution in [2.45, 2.75) is 17.6 Å². The van der Waals surface area contributed by atoms with Gasteiger partial charge in [0.25, 0.3) is 10.0 Å². The number of thiophene rings is 1. The van der Waals surface area contributed by atoms with E-state index < -0.39 is 21.7 Å². The molecule has 1 aromatic heterocycles. The second-order valence-corrected chi connectivity index (χ2v) is 8.90. The molecule has 0 aliphatic carbocycles. The number of sulfonamides is 1. The van der Waals surface area contributed by atoms with Crippen LogP contribution in [0.5, 0.6) is 0 Å². The standard InChI is InChI=1S/C16H18F2N2O2S2/c1-2-13-4-6-16(23-13)24(21,22)20-9-7-19(8-10-20)12-3-5-14(17)15(18)11-12/h3-6,11H,2,7-10H2,1H3. The van der Waals surface area contributed by atoms with Gasteiger partial charge in [-0.15, -0.1) is 11.3 Å². The van der Waals surface area contributed by atoms with E-state index in [-0.39, 0.29) is 0 Å². The van der Waals surface area contributed by atoms with E-state index in [1.165, 1.54) is 21.7 Å². The first-order valence-corrected chi connectivity index (χ1v) is 9.96. The van der Waals surface area contributed by atoms with E-state index in [1.54, 1.807) is 6.07 Å². The molecule has 2 aromatic rings. The van der Waals surface area contributed by atoms with Crippen LogP contribution in [0.1, 0.15) is 11.8 Å². The third-order valence-corrected chi connectivity index (χ3v) is 7.68. The summed E-state index contributed by atoms with van der Waals surface area (Å²) in [5.74, 6) is -1.78. The minimum Gasteiger partial charge on any atom is -0.369 e. The van der Waals surface area contributed by atoms with Crippen LogP contribution >= 0.6 is 11.3 Å². The van der Waals surface area contributed by atoms with Crippen LogP contribution in [0.4, 0.5) is 14.5 Å². The highest BCUT2D eigenvalue weighted by Crippen LogP contribution is 2.27. The van der Waals surface area contributed by atoms with Crippen LogP contribution in [0, 0.1) is 11.6 Å². The molecule has 1 saturated heterocycles. The monoisotopic (exact) mass is 372 g/mol. The number of nitrogens with zero attached hydrogens (tertiary/aromatic N) is 2. The van der Waals surface area contributed by atoms with Crippen molar-refractivity contribution in [3.8, 4) is 0 Å². The van der Waals surface area contributed by atoms with Gasteiger partial charge in [0.05, 0.1) is 0 Å². The van der Waals surface area contributed by atoms with Gasteiger partial charge in [0, 0.05) is 42.8 Å². The molecule has 8 heteroatoms. The zero-order valence-electron chi connectivity index (χ0n) is 13.2. The van der Waals surface area contributed by atoms with Gasteiger partial charge in [-0.2, -0.15) is 4.31 Å². The topological polar surface area (TPSA) is 40.6 Å². The molecule has 0 bridgehead atoms. The maximum atomic E-state index is 13.4. The molecule has 0 N–H and O–H groups in total. The van der Waals surface area contributed by atoms with Gasteiger partial charge in [-0.25, -0.2) is 17.2 Å². The van der Waals surface area contributed by atoms with Crippen LogP contribution in [-0.2, 0) is 16.4 Å². The summed E-state index contributed by atoms with van der Waals surface area (Å²) in [5.41, 5.74) is 0.565. The molecule has 1 aromatic carbocycles. The number of anilines is 1. The lowest BCUT2D eigenvalue weighted by molar-refractivity contribution is 0.385. The van der Waals surface area contributed by atoms with E-state index in [1.807, 2.05) is 17.9 Å². The van der Waals surface area contributed by atoms with Gasteiger partial charge in [-0.1, -0.05) is 6.92 Å². The molecule has 0 spiro atoms. The van der Waals surface area contributed by atoms with Crippen LogP contribution in [0.3, 0.4) is 0 Å². The van der Waals surface area contributed by atoms with Gasteiger partial charge in [0.1, 0.15) is 4.21 Å². The average Bonchev–Trinajstić information content (AvgIpc) is 3.07. The minimum absolute atomic E-state index is 0.320. The fourth-order valence-electron chi connectivity index (χ4n) is 2.68. The lowest BCUT2D eigenvalue weighted by Crippen LogP contribution is -2.48. The molecular formula is C16H18F2N2O2S2. The summed E-state index contributed by atoms with van der Waals surface area (Å²) in [6, 6.07) is 7.24. The molecule has 4 nitrogen and oxygen atoms in total. The van der Waals surface area contributed by atoms with Crippen molar-refractivity contribution in [1.29, 1.82) is 0 Å². The van der Waals surface area contributed by atoms with Crippen LogP contribution in [0.25, 0.3) is 0 Å². The van der Waals surface area contributed by atoms with Gasteiger partial charge in [0.2, 0.25) is 0 Å². The van der Waals surface area contributed by atoms with E-state index in [0.29, 0.717) is 36.1 Å². The fraction of sp³-hybridized carbons (Fsp3) is 0.375. The molecule has 1 aliphatic heterocycles. The second-order valence-electron chi connectivity index (χ2n) is 5.56. The summed E-state index contributed by atoms with van der Waals surface area (Å²) in [5, 5.41) is 0. The van der Waals surface area contributed by atoms with Crippen molar-refractivity contribution in [1.82, 2.24) is 4.31 Å². The van der Waals surface area contributed by atoms with E-state index >= 15 is 0 Å². The maximum Gasteiger partial charge on any atom is 0.252 e. The largest absolute Gasteiger partial charge is 0.369 e. The molecule has 24 heavy (non-hydrogen) atoms. The first-order chi connectivity index (χ1) is 11.4.